The molecule has 222 valence electrons. The van der Waals surface area contributed by atoms with Gasteiger partial charge in [-0.1, -0.05) is 12.1 Å². The van der Waals surface area contributed by atoms with Crippen LogP contribution in [0, 0.1) is 18.7 Å². The highest BCUT2D eigenvalue weighted by molar-refractivity contribution is 6.34. The molecule has 0 saturated heterocycles. The van der Waals surface area contributed by atoms with Crippen LogP contribution in [0.3, 0.4) is 0 Å². The molecule has 2 N–H and O–H groups in total. The van der Waals surface area contributed by atoms with Gasteiger partial charge in [0.05, 0.1) is 6.20 Å². The van der Waals surface area contributed by atoms with E-state index in [4.69, 9.17) is 0 Å². The average Bonchev–Trinajstić information content (AvgIpc) is 3.13. The van der Waals surface area contributed by atoms with E-state index >= 15 is 0 Å². The van der Waals surface area contributed by atoms with E-state index in [-0.39, 0.29) is 25.6 Å². The molecule has 3 amide bonds. The molecule has 1 fully saturated rings. The van der Waals surface area contributed by atoms with Gasteiger partial charge in [0.2, 0.25) is 5.75 Å². The molecule has 3 aliphatic rings. The van der Waals surface area contributed by atoms with Crippen LogP contribution in [0.2, 0.25) is 0 Å². The maximum absolute atomic E-state index is 13.4. The van der Waals surface area contributed by atoms with E-state index < -0.39 is 52.5 Å². The van der Waals surface area contributed by atoms with Gasteiger partial charge in [0.1, 0.15) is 11.6 Å². The first kappa shape index (κ1) is 29.0. The lowest BCUT2D eigenvalue weighted by Crippen LogP contribution is -2.49. The van der Waals surface area contributed by atoms with E-state index in [9.17, 15) is 28.7 Å². The smallest absolute Gasteiger partial charge is 0.312 e. The summed E-state index contributed by atoms with van der Waals surface area (Å²) in [6, 6.07) is 5.13. The summed E-state index contributed by atoms with van der Waals surface area (Å²) in [6.45, 7) is 2.44. The Morgan fingerprint density at radius 1 is 1.14 bits per heavy atom. The largest absolute Gasteiger partial charge is 0.501 e. The Bertz CT molecular complexity index is 1600. The summed E-state index contributed by atoms with van der Waals surface area (Å²) in [5.74, 6) is -3.35. The third kappa shape index (κ3) is 5.38. The summed E-state index contributed by atoms with van der Waals surface area (Å²) in [5, 5.41) is 17.5. The van der Waals surface area contributed by atoms with Crippen LogP contribution in [0.15, 0.2) is 35.3 Å². The fourth-order valence-electron chi connectivity index (χ4n) is 5.92. The van der Waals surface area contributed by atoms with Crippen molar-refractivity contribution in [3.05, 3.63) is 75.0 Å². The van der Waals surface area contributed by atoms with Crippen molar-refractivity contribution in [1.29, 1.82) is 0 Å². The highest BCUT2D eigenvalue weighted by Gasteiger charge is 2.43. The SMILES string of the molecule is Cc1c(CN(C)C(=O)C(=O)N(C)C2CC3CCC2c2nc(C(=O)NCc4ccc(F)cc4)c(O)c(=O)n2C3)cnn1C. The number of nitrogens with one attached hydrogen (secondary N) is 1. The van der Waals surface area contributed by atoms with Crippen molar-refractivity contribution in [1.82, 2.24) is 34.4 Å². The maximum atomic E-state index is 13.4. The monoisotopic (exact) mass is 579 g/mol. The number of carbonyl (C=O) groups is 3. The minimum Gasteiger partial charge on any atom is -0.501 e. The van der Waals surface area contributed by atoms with Crippen molar-refractivity contribution in [2.45, 2.75) is 57.8 Å². The quantitative estimate of drug-likeness (QED) is 0.421. The number of rotatable bonds is 6. The molecule has 0 radical (unpaired) electrons. The number of halogens is 1. The molecule has 2 aliphatic heterocycles. The van der Waals surface area contributed by atoms with Gasteiger partial charge in [-0.3, -0.25) is 28.4 Å². The van der Waals surface area contributed by atoms with Gasteiger partial charge >= 0.3 is 11.8 Å². The molecule has 2 bridgehead atoms. The van der Waals surface area contributed by atoms with Crippen LogP contribution in [0.1, 0.15) is 58.3 Å². The number of likely N-dealkylation sites (N-methyl/N-ethyl adjacent to an activating group) is 2. The van der Waals surface area contributed by atoms with Crippen LogP contribution in [0.5, 0.6) is 5.75 Å². The predicted molar refractivity (Wildman–Crippen MR) is 149 cm³/mol. The minimum atomic E-state index is -0.750. The molecule has 0 spiro atoms. The van der Waals surface area contributed by atoms with Gasteiger partial charge < -0.3 is 20.2 Å². The van der Waals surface area contributed by atoms with Gasteiger partial charge in [0.15, 0.2) is 5.69 Å². The van der Waals surface area contributed by atoms with E-state index in [1.807, 2.05) is 6.92 Å². The molecule has 42 heavy (non-hydrogen) atoms. The maximum Gasteiger partial charge on any atom is 0.312 e. The lowest BCUT2D eigenvalue weighted by molar-refractivity contribution is -0.152. The van der Waals surface area contributed by atoms with Crippen molar-refractivity contribution in [3.8, 4) is 5.75 Å². The molecule has 1 aromatic carbocycles. The number of carbonyl (C=O) groups excluding carboxylic acids is 3. The Morgan fingerprint density at radius 3 is 2.52 bits per heavy atom. The zero-order chi connectivity index (χ0) is 30.3. The zero-order valence-corrected chi connectivity index (χ0v) is 24.0. The van der Waals surface area contributed by atoms with Crippen LogP contribution < -0.4 is 10.9 Å². The van der Waals surface area contributed by atoms with Crippen molar-refractivity contribution in [3.63, 3.8) is 0 Å². The highest BCUT2D eigenvalue weighted by atomic mass is 19.1. The lowest BCUT2D eigenvalue weighted by Gasteiger charge is -2.38. The lowest BCUT2D eigenvalue weighted by atomic mass is 9.78. The van der Waals surface area contributed by atoms with Crippen LogP contribution in [0.4, 0.5) is 4.39 Å². The fourth-order valence-corrected chi connectivity index (χ4v) is 5.92. The van der Waals surface area contributed by atoms with E-state index in [1.54, 1.807) is 32.0 Å². The summed E-state index contributed by atoms with van der Waals surface area (Å²) in [6.07, 6.45) is 3.58. The molecule has 6 rings (SSSR count). The Labute approximate surface area is 241 Å². The molecule has 13 heteroatoms. The van der Waals surface area contributed by atoms with Crippen molar-refractivity contribution < 1.29 is 23.9 Å². The van der Waals surface area contributed by atoms with E-state index in [2.05, 4.69) is 15.4 Å². The molecular weight excluding hydrogens is 545 g/mol. The second-order valence-corrected chi connectivity index (χ2v) is 11.2. The second-order valence-electron chi connectivity index (χ2n) is 11.2. The molecular formula is C29H34FN7O5. The normalized spacial score (nSPS) is 19.1. The standard InChI is InChI=1S/C29H34FN7O5/c1-16-19(13-32-36(16)4)15-34(2)28(41)29(42)35(3)22-11-18-7-10-21(22)25-33-23(24(38)27(40)37(25)14-18)26(39)31-12-17-5-8-20(30)9-6-17/h5-6,8-9,13,18,21-22,38H,7,10-12,14-15H2,1-4H3,(H,31,39). The fraction of sp³-hybridized carbons (Fsp3) is 0.448. The predicted octanol–water partition coefficient (Wildman–Crippen LogP) is 1.44. The molecule has 3 aromatic rings. The first-order valence-electron chi connectivity index (χ1n) is 13.8. The summed E-state index contributed by atoms with van der Waals surface area (Å²) >= 11 is 0. The molecule has 3 unspecified atom stereocenters. The number of benzene rings is 1. The summed E-state index contributed by atoms with van der Waals surface area (Å²) in [4.78, 5) is 60.1. The summed E-state index contributed by atoms with van der Waals surface area (Å²) in [5.41, 5.74) is 1.23. The van der Waals surface area contributed by atoms with Crippen molar-refractivity contribution in [2.75, 3.05) is 14.1 Å². The first-order valence-corrected chi connectivity index (χ1v) is 13.8. The van der Waals surface area contributed by atoms with Crippen LogP contribution in [-0.2, 0) is 36.3 Å². The Hall–Kier alpha value is -4.55. The van der Waals surface area contributed by atoms with Crippen LogP contribution in [-0.4, -0.2) is 72.1 Å². The zero-order valence-electron chi connectivity index (χ0n) is 24.0. The van der Waals surface area contributed by atoms with Crippen molar-refractivity contribution >= 4 is 17.7 Å². The van der Waals surface area contributed by atoms with Gasteiger partial charge in [0, 0.05) is 64.0 Å². The van der Waals surface area contributed by atoms with Crippen molar-refractivity contribution in [2.24, 2.45) is 13.0 Å². The topological polar surface area (TPSA) is 143 Å². The molecule has 1 aliphatic carbocycles. The van der Waals surface area contributed by atoms with Gasteiger partial charge in [-0.2, -0.15) is 5.10 Å². The third-order valence-electron chi connectivity index (χ3n) is 8.55. The van der Waals surface area contributed by atoms with Gasteiger partial charge in [-0.25, -0.2) is 9.37 Å². The van der Waals surface area contributed by atoms with E-state index in [0.29, 0.717) is 24.2 Å². The number of amides is 3. The number of hydrogen-bond donors (Lipinski definition) is 2. The number of aromatic nitrogens is 4. The minimum absolute atomic E-state index is 0.0191. The summed E-state index contributed by atoms with van der Waals surface area (Å²) < 4.78 is 16.3. The average molecular weight is 580 g/mol. The number of hydrogen-bond acceptors (Lipinski definition) is 7. The Kier molecular flexibility index (Phi) is 7.85. The number of aromatic hydroxyl groups is 1. The van der Waals surface area contributed by atoms with E-state index in [0.717, 1.165) is 17.7 Å². The number of fused-ring (bicyclic) bond motifs is 2. The van der Waals surface area contributed by atoms with Gasteiger partial charge in [-0.05, 0) is 49.8 Å². The van der Waals surface area contributed by atoms with Gasteiger partial charge in [-0.15, -0.1) is 0 Å². The van der Waals surface area contributed by atoms with Crippen LogP contribution >= 0.6 is 0 Å². The molecule has 1 saturated carbocycles. The van der Waals surface area contributed by atoms with Crippen LogP contribution in [0.25, 0.3) is 0 Å². The first-order chi connectivity index (χ1) is 20.0. The molecule has 2 aromatic heterocycles. The highest BCUT2D eigenvalue weighted by Crippen LogP contribution is 2.42. The second kappa shape index (κ2) is 11.4. The van der Waals surface area contributed by atoms with E-state index in [1.165, 1.54) is 38.6 Å². The number of aryl methyl sites for hydroxylation is 1. The third-order valence-corrected chi connectivity index (χ3v) is 8.55. The molecule has 3 atom stereocenters. The number of nitrogens with zero attached hydrogens (tertiary/aromatic N) is 6. The Balaban J connectivity index is 1.37. The molecule has 4 heterocycles. The van der Waals surface area contributed by atoms with Gasteiger partial charge in [0.25, 0.3) is 11.5 Å². The molecule has 12 nitrogen and oxygen atoms in total. The Morgan fingerprint density at radius 2 is 1.86 bits per heavy atom. The summed E-state index contributed by atoms with van der Waals surface area (Å²) in [7, 11) is 4.95.